The molecule has 1 fully saturated rings. The van der Waals surface area contributed by atoms with Gasteiger partial charge in [-0.3, -0.25) is 9.59 Å². The second-order valence-electron chi connectivity index (χ2n) is 6.35. The first-order valence-corrected chi connectivity index (χ1v) is 8.41. The Labute approximate surface area is 150 Å². The predicted molar refractivity (Wildman–Crippen MR) is 99.8 cm³/mol. The third-order valence-corrected chi connectivity index (χ3v) is 4.56. The Morgan fingerprint density at radius 1 is 1.29 bits per heavy atom. The van der Waals surface area contributed by atoms with E-state index in [1.165, 1.54) is 0 Å². The molecule has 6 heteroatoms. The summed E-state index contributed by atoms with van der Waals surface area (Å²) >= 11 is 0. The van der Waals surface area contributed by atoms with Gasteiger partial charge in [-0.05, 0) is 58.4 Å². The fourth-order valence-electron chi connectivity index (χ4n) is 2.96. The van der Waals surface area contributed by atoms with Crippen LogP contribution in [0.1, 0.15) is 44.0 Å². The Bertz CT molecular complexity index is 567. The summed E-state index contributed by atoms with van der Waals surface area (Å²) in [7, 11) is 0. The smallest absolute Gasteiger partial charge is 0.253 e. The molecular weight excluding hydrogens is 326 g/mol. The predicted octanol–water partition coefficient (Wildman–Crippen LogP) is 2.92. The van der Waals surface area contributed by atoms with Gasteiger partial charge in [0.1, 0.15) is 0 Å². The average molecular weight is 354 g/mol. The number of amides is 2. The van der Waals surface area contributed by atoms with Crippen molar-refractivity contribution < 1.29 is 9.59 Å². The molecule has 1 saturated heterocycles. The number of nitrogens with zero attached hydrogens (tertiary/aromatic N) is 1. The summed E-state index contributed by atoms with van der Waals surface area (Å²) in [4.78, 5) is 26.8. The highest BCUT2D eigenvalue weighted by molar-refractivity contribution is 5.98. The standard InChI is InChI=1S/C18H27N3O2.ClH/c1-4-21(5-2)16(22)14-8-6-9-15(12-14)20-17(23)18(3)10-7-11-19-13-18;/h6,8-9,12,19H,4-5,7,10-11,13H2,1-3H3,(H,20,23);1H. The van der Waals surface area contributed by atoms with E-state index in [1.807, 2.05) is 32.9 Å². The Balaban J connectivity index is 0.00000288. The molecule has 24 heavy (non-hydrogen) atoms. The molecule has 0 aromatic heterocycles. The number of rotatable bonds is 5. The zero-order valence-electron chi connectivity index (χ0n) is 14.7. The second-order valence-corrected chi connectivity index (χ2v) is 6.35. The van der Waals surface area contributed by atoms with Gasteiger partial charge in [0.15, 0.2) is 0 Å². The first-order valence-electron chi connectivity index (χ1n) is 8.41. The summed E-state index contributed by atoms with van der Waals surface area (Å²) in [6, 6.07) is 7.20. The number of benzene rings is 1. The van der Waals surface area contributed by atoms with Crippen LogP contribution in [0.15, 0.2) is 24.3 Å². The minimum atomic E-state index is -0.392. The molecule has 1 heterocycles. The van der Waals surface area contributed by atoms with Crippen LogP contribution in [0.4, 0.5) is 5.69 Å². The van der Waals surface area contributed by atoms with Crippen LogP contribution in [-0.2, 0) is 4.79 Å². The van der Waals surface area contributed by atoms with E-state index in [9.17, 15) is 9.59 Å². The highest BCUT2D eigenvalue weighted by atomic mass is 35.5. The average Bonchev–Trinajstić information content (AvgIpc) is 2.56. The van der Waals surface area contributed by atoms with E-state index in [0.717, 1.165) is 19.4 Å². The summed E-state index contributed by atoms with van der Waals surface area (Å²) in [5, 5.41) is 6.25. The quantitative estimate of drug-likeness (QED) is 0.855. The Hall–Kier alpha value is -1.59. The maximum Gasteiger partial charge on any atom is 0.253 e. The Kier molecular flexibility index (Phi) is 7.70. The minimum Gasteiger partial charge on any atom is -0.339 e. The van der Waals surface area contributed by atoms with Gasteiger partial charge < -0.3 is 15.5 Å². The molecule has 1 unspecified atom stereocenters. The van der Waals surface area contributed by atoms with Crippen molar-refractivity contribution in [3.05, 3.63) is 29.8 Å². The molecule has 0 radical (unpaired) electrons. The lowest BCUT2D eigenvalue weighted by Gasteiger charge is -2.32. The maximum atomic E-state index is 12.6. The molecule has 1 atom stereocenters. The summed E-state index contributed by atoms with van der Waals surface area (Å²) in [5.74, 6) is 0.00813. The Morgan fingerprint density at radius 3 is 2.58 bits per heavy atom. The van der Waals surface area contributed by atoms with Crippen molar-refractivity contribution in [2.45, 2.75) is 33.6 Å². The summed E-state index contributed by atoms with van der Waals surface area (Å²) in [6.45, 7) is 8.92. The third kappa shape index (κ3) is 4.71. The number of carbonyl (C=O) groups excluding carboxylic acids is 2. The van der Waals surface area contributed by atoms with Crippen molar-refractivity contribution in [3.8, 4) is 0 Å². The largest absolute Gasteiger partial charge is 0.339 e. The topological polar surface area (TPSA) is 61.4 Å². The molecule has 2 rings (SSSR count). The van der Waals surface area contributed by atoms with Crippen LogP contribution in [0, 0.1) is 5.41 Å². The lowest BCUT2D eigenvalue weighted by atomic mass is 9.82. The fraction of sp³-hybridized carbons (Fsp3) is 0.556. The van der Waals surface area contributed by atoms with E-state index >= 15 is 0 Å². The molecule has 1 aliphatic rings. The molecule has 0 aliphatic carbocycles. The van der Waals surface area contributed by atoms with Crippen molar-refractivity contribution >= 4 is 29.9 Å². The molecule has 0 bridgehead atoms. The van der Waals surface area contributed by atoms with E-state index in [4.69, 9.17) is 0 Å². The molecule has 1 aromatic rings. The molecule has 0 saturated carbocycles. The number of anilines is 1. The van der Waals surface area contributed by atoms with Gasteiger partial charge in [0, 0.05) is 30.9 Å². The van der Waals surface area contributed by atoms with Crippen molar-refractivity contribution in [1.82, 2.24) is 10.2 Å². The normalized spacial score (nSPS) is 20.0. The van der Waals surface area contributed by atoms with Crippen molar-refractivity contribution in [1.29, 1.82) is 0 Å². The van der Waals surface area contributed by atoms with Crippen LogP contribution in [-0.4, -0.2) is 42.9 Å². The third-order valence-electron chi connectivity index (χ3n) is 4.56. The van der Waals surface area contributed by atoms with Gasteiger partial charge in [0.25, 0.3) is 5.91 Å². The lowest BCUT2D eigenvalue weighted by Crippen LogP contribution is -2.46. The molecular formula is C18H28ClN3O2. The number of hydrogen-bond donors (Lipinski definition) is 2. The highest BCUT2D eigenvalue weighted by Gasteiger charge is 2.34. The van der Waals surface area contributed by atoms with Crippen LogP contribution >= 0.6 is 12.4 Å². The first kappa shape index (κ1) is 20.5. The van der Waals surface area contributed by atoms with E-state index in [2.05, 4.69) is 10.6 Å². The number of piperidine rings is 1. The molecule has 2 N–H and O–H groups in total. The molecule has 5 nitrogen and oxygen atoms in total. The fourth-order valence-corrected chi connectivity index (χ4v) is 2.96. The van der Waals surface area contributed by atoms with Gasteiger partial charge in [-0.2, -0.15) is 0 Å². The zero-order chi connectivity index (χ0) is 16.9. The van der Waals surface area contributed by atoms with Crippen LogP contribution < -0.4 is 10.6 Å². The molecule has 134 valence electrons. The first-order chi connectivity index (χ1) is 11.0. The van der Waals surface area contributed by atoms with E-state index < -0.39 is 5.41 Å². The number of carbonyl (C=O) groups is 2. The summed E-state index contributed by atoms with van der Waals surface area (Å²) in [6.07, 6.45) is 1.88. The minimum absolute atomic E-state index is 0. The molecule has 2 amide bonds. The van der Waals surface area contributed by atoms with Crippen molar-refractivity contribution in [2.24, 2.45) is 5.41 Å². The van der Waals surface area contributed by atoms with Crippen LogP contribution in [0.3, 0.4) is 0 Å². The summed E-state index contributed by atoms with van der Waals surface area (Å²) < 4.78 is 0. The van der Waals surface area contributed by atoms with E-state index in [0.29, 0.717) is 30.9 Å². The summed E-state index contributed by atoms with van der Waals surface area (Å²) in [5.41, 5.74) is 0.898. The maximum absolute atomic E-state index is 12.6. The van der Waals surface area contributed by atoms with Crippen LogP contribution in [0.25, 0.3) is 0 Å². The molecule has 0 spiro atoms. The Morgan fingerprint density at radius 2 is 2.00 bits per heavy atom. The second kappa shape index (κ2) is 9.04. The van der Waals surface area contributed by atoms with E-state index in [1.54, 1.807) is 17.0 Å². The van der Waals surface area contributed by atoms with Gasteiger partial charge in [-0.15, -0.1) is 12.4 Å². The van der Waals surface area contributed by atoms with Crippen molar-refractivity contribution in [2.75, 3.05) is 31.5 Å². The monoisotopic (exact) mass is 353 g/mol. The van der Waals surface area contributed by atoms with Gasteiger partial charge in [-0.25, -0.2) is 0 Å². The number of hydrogen-bond acceptors (Lipinski definition) is 3. The van der Waals surface area contributed by atoms with Crippen molar-refractivity contribution in [3.63, 3.8) is 0 Å². The SMILES string of the molecule is CCN(CC)C(=O)c1cccc(NC(=O)C2(C)CCCNC2)c1.Cl. The van der Waals surface area contributed by atoms with E-state index in [-0.39, 0.29) is 24.2 Å². The number of nitrogens with one attached hydrogen (secondary N) is 2. The zero-order valence-corrected chi connectivity index (χ0v) is 15.5. The van der Waals surface area contributed by atoms with Crippen LogP contribution in [0.2, 0.25) is 0 Å². The molecule has 1 aromatic carbocycles. The molecule has 1 aliphatic heterocycles. The number of halogens is 1. The van der Waals surface area contributed by atoms with Gasteiger partial charge in [-0.1, -0.05) is 6.07 Å². The van der Waals surface area contributed by atoms with Gasteiger partial charge in [0.2, 0.25) is 5.91 Å². The van der Waals surface area contributed by atoms with Crippen LogP contribution in [0.5, 0.6) is 0 Å². The lowest BCUT2D eigenvalue weighted by molar-refractivity contribution is -0.125. The van der Waals surface area contributed by atoms with Gasteiger partial charge in [0.05, 0.1) is 5.41 Å². The highest BCUT2D eigenvalue weighted by Crippen LogP contribution is 2.27. The van der Waals surface area contributed by atoms with Gasteiger partial charge >= 0.3 is 0 Å².